The number of carbonyl (C=O) groups excluding carboxylic acids is 2. The Morgan fingerprint density at radius 2 is 1.74 bits per heavy atom. The lowest BCUT2D eigenvalue weighted by Gasteiger charge is -2.47. The summed E-state index contributed by atoms with van der Waals surface area (Å²) in [6.45, 7) is 10.1. The number of fused-ring (bicyclic) bond motifs is 1. The highest BCUT2D eigenvalue weighted by atomic mass is 16.2. The molecule has 0 spiro atoms. The first kappa shape index (κ1) is 25.0. The number of nitrogens with two attached hydrogens (primary N) is 1. The summed E-state index contributed by atoms with van der Waals surface area (Å²) in [6, 6.07) is 15.7. The van der Waals surface area contributed by atoms with Gasteiger partial charge in [0.05, 0.1) is 6.04 Å². The molecule has 0 unspecified atom stereocenters. The summed E-state index contributed by atoms with van der Waals surface area (Å²) in [5, 5.41) is 6.23. The van der Waals surface area contributed by atoms with E-state index < -0.39 is 0 Å². The molecule has 1 heterocycles. The minimum atomic E-state index is -0.308. The summed E-state index contributed by atoms with van der Waals surface area (Å²) < 4.78 is 0. The Balaban J connectivity index is 1.65. The van der Waals surface area contributed by atoms with E-state index in [2.05, 4.69) is 60.2 Å². The van der Waals surface area contributed by atoms with Crippen LogP contribution >= 0.6 is 0 Å². The van der Waals surface area contributed by atoms with Crippen molar-refractivity contribution in [1.82, 2.24) is 15.5 Å². The molecule has 186 valence electrons. The fourth-order valence-corrected chi connectivity index (χ4v) is 5.79. The lowest BCUT2D eigenvalue weighted by Crippen LogP contribution is -2.62. The summed E-state index contributed by atoms with van der Waals surface area (Å²) in [6.07, 6.45) is 3.66. The van der Waals surface area contributed by atoms with Gasteiger partial charge in [0.15, 0.2) is 0 Å². The zero-order valence-corrected chi connectivity index (χ0v) is 20.9. The molecule has 0 saturated carbocycles. The molecule has 2 amide bonds. The average molecular weight is 475 g/mol. The molecule has 0 radical (unpaired) electrons. The topological polar surface area (TPSA) is 87.5 Å². The monoisotopic (exact) mass is 474 g/mol. The van der Waals surface area contributed by atoms with Crippen LogP contribution in [-0.4, -0.2) is 41.9 Å². The van der Waals surface area contributed by atoms with E-state index >= 15 is 0 Å². The maximum Gasteiger partial charge on any atom is 0.251 e. The Morgan fingerprint density at radius 3 is 2.37 bits per heavy atom. The van der Waals surface area contributed by atoms with Crippen LogP contribution in [0.4, 0.5) is 0 Å². The van der Waals surface area contributed by atoms with E-state index in [9.17, 15) is 9.59 Å². The Labute approximate surface area is 209 Å². The predicted molar refractivity (Wildman–Crippen MR) is 140 cm³/mol. The lowest BCUT2D eigenvalue weighted by atomic mass is 9.84. The second-order valence-corrected chi connectivity index (χ2v) is 9.77. The molecule has 4 N–H and O–H groups in total. The number of benzene rings is 2. The van der Waals surface area contributed by atoms with Crippen LogP contribution in [0.15, 0.2) is 60.8 Å². The third kappa shape index (κ3) is 5.13. The van der Waals surface area contributed by atoms with Crippen LogP contribution in [0.5, 0.6) is 0 Å². The van der Waals surface area contributed by atoms with Crippen molar-refractivity contribution in [2.24, 2.45) is 17.6 Å². The molecule has 0 aromatic heterocycles. The van der Waals surface area contributed by atoms with Gasteiger partial charge in [-0.3, -0.25) is 9.59 Å². The number of nitrogens with one attached hydrogen (secondary N) is 2. The van der Waals surface area contributed by atoms with Crippen LogP contribution in [0, 0.1) is 11.8 Å². The minimum Gasteiger partial charge on any atom is -0.357 e. The molecule has 2 aromatic rings. The number of rotatable bonds is 9. The van der Waals surface area contributed by atoms with E-state index in [1.54, 1.807) is 0 Å². The largest absolute Gasteiger partial charge is 0.357 e. The number of amides is 2. The second kappa shape index (κ2) is 11.1. The maximum atomic E-state index is 13.6. The Morgan fingerprint density at radius 1 is 1.11 bits per heavy atom. The van der Waals surface area contributed by atoms with Gasteiger partial charge in [-0.15, -0.1) is 0 Å². The third-order valence-corrected chi connectivity index (χ3v) is 7.71. The van der Waals surface area contributed by atoms with Crippen molar-refractivity contribution in [2.45, 2.75) is 58.2 Å². The molecule has 6 nitrogen and oxygen atoms in total. The number of nitrogens with zero attached hydrogens (tertiary/aromatic N) is 1. The molecule has 1 saturated heterocycles. The van der Waals surface area contributed by atoms with E-state index in [0.717, 1.165) is 36.9 Å². The van der Waals surface area contributed by atoms with E-state index in [4.69, 9.17) is 5.73 Å². The summed E-state index contributed by atoms with van der Waals surface area (Å²) in [4.78, 5) is 28.6. The molecule has 2 aromatic carbocycles. The summed E-state index contributed by atoms with van der Waals surface area (Å²) >= 11 is 0. The predicted octanol–water partition coefficient (Wildman–Crippen LogP) is 3.41. The molecule has 2 aliphatic rings. The van der Waals surface area contributed by atoms with Crippen LogP contribution < -0.4 is 16.4 Å². The van der Waals surface area contributed by atoms with Crippen molar-refractivity contribution >= 4 is 11.8 Å². The minimum absolute atomic E-state index is 0.0668. The van der Waals surface area contributed by atoms with Crippen molar-refractivity contribution in [3.8, 4) is 0 Å². The highest BCUT2D eigenvalue weighted by molar-refractivity contribution is 5.95. The van der Waals surface area contributed by atoms with E-state index in [1.165, 1.54) is 11.1 Å². The lowest BCUT2D eigenvalue weighted by molar-refractivity contribution is -0.132. The van der Waals surface area contributed by atoms with E-state index in [1.807, 2.05) is 24.3 Å². The van der Waals surface area contributed by atoms with Gasteiger partial charge in [0, 0.05) is 30.9 Å². The van der Waals surface area contributed by atoms with Crippen LogP contribution in [0.25, 0.3) is 0 Å². The molecule has 1 fully saturated rings. The maximum absolute atomic E-state index is 13.6. The number of piperazine rings is 1. The molecule has 2 atom stereocenters. The fraction of sp³-hybridized carbons (Fsp3) is 0.448. The number of hydrogen-bond acceptors (Lipinski definition) is 4. The Hall–Kier alpha value is -3.12. The van der Waals surface area contributed by atoms with E-state index in [-0.39, 0.29) is 35.7 Å². The van der Waals surface area contributed by atoms with Crippen molar-refractivity contribution in [1.29, 1.82) is 0 Å². The third-order valence-electron chi connectivity index (χ3n) is 7.71. The first-order valence-electron chi connectivity index (χ1n) is 12.9. The van der Waals surface area contributed by atoms with Crippen molar-refractivity contribution in [3.05, 3.63) is 83.1 Å². The number of carbonyl (C=O) groups is 2. The average Bonchev–Trinajstić information content (AvgIpc) is 3.31. The van der Waals surface area contributed by atoms with Gasteiger partial charge in [-0.05, 0) is 47.4 Å². The van der Waals surface area contributed by atoms with Crippen LogP contribution in [0.2, 0.25) is 0 Å². The smallest absolute Gasteiger partial charge is 0.251 e. The molecule has 4 rings (SSSR count). The zero-order valence-electron chi connectivity index (χ0n) is 20.9. The van der Waals surface area contributed by atoms with Gasteiger partial charge in [-0.1, -0.05) is 75.7 Å². The van der Waals surface area contributed by atoms with Crippen LogP contribution in [-0.2, 0) is 24.2 Å². The van der Waals surface area contributed by atoms with Gasteiger partial charge < -0.3 is 21.3 Å². The highest BCUT2D eigenvalue weighted by Gasteiger charge is 2.44. The molecular weight excluding hydrogens is 436 g/mol. The van der Waals surface area contributed by atoms with Gasteiger partial charge in [0.2, 0.25) is 5.91 Å². The quantitative estimate of drug-likeness (QED) is 0.520. The highest BCUT2D eigenvalue weighted by Crippen LogP contribution is 2.36. The van der Waals surface area contributed by atoms with Crippen molar-refractivity contribution < 1.29 is 9.59 Å². The molecule has 0 bridgehead atoms. The molecular formula is C29H38N4O2. The van der Waals surface area contributed by atoms with E-state index in [0.29, 0.717) is 25.2 Å². The summed E-state index contributed by atoms with van der Waals surface area (Å²) in [5.74, 6) is 0.404. The molecule has 1 aliphatic heterocycles. The van der Waals surface area contributed by atoms with Crippen molar-refractivity contribution in [3.63, 3.8) is 0 Å². The molecule has 6 heteroatoms. The summed E-state index contributed by atoms with van der Waals surface area (Å²) in [7, 11) is 0. The Kier molecular flexibility index (Phi) is 7.91. The fourth-order valence-electron chi connectivity index (χ4n) is 5.79. The molecule has 35 heavy (non-hydrogen) atoms. The van der Waals surface area contributed by atoms with Gasteiger partial charge in [0.25, 0.3) is 5.91 Å². The second-order valence-electron chi connectivity index (χ2n) is 9.77. The number of hydrogen-bond donors (Lipinski definition) is 3. The van der Waals surface area contributed by atoms with Gasteiger partial charge in [-0.2, -0.15) is 0 Å². The molecule has 1 aliphatic carbocycles. The zero-order chi connectivity index (χ0) is 24.9. The van der Waals surface area contributed by atoms with Gasteiger partial charge in [-0.25, -0.2) is 0 Å². The van der Waals surface area contributed by atoms with Crippen LogP contribution in [0.1, 0.15) is 53.7 Å². The Bertz CT molecular complexity index is 1050. The van der Waals surface area contributed by atoms with Gasteiger partial charge in [0.1, 0.15) is 6.04 Å². The first-order valence-corrected chi connectivity index (χ1v) is 12.9. The standard InChI is InChI=1S/C29H38N4O2/c1-4-20(5-2)27-29(35)32-26(24-16-21-10-6-7-11-22(21)17-24)19(3)33(27)18-23-12-8-9-13-25(23)28(34)31-15-14-30/h6-13,20,24,26-27H,3-5,14-18,30H2,1-2H3,(H,31,34)(H,32,35)/t26-,27+/m0/s1. The summed E-state index contributed by atoms with van der Waals surface area (Å²) in [5.41, 5.74) is 10.7. The van der Waals surface area contributed by atoms with Gasteiger partial charge >= 0.3 is 0 Å². The van der Waals surface area contributed by atoms with Crippen LogP contribution in [0.3, 0.4) is 0 Å². The first-order chi connectivity index (χ1) is 17.0. The normalized spacial score (nSPS) is 20.2. The SMILES string of the molecule is C=C1[C@@H](C2Cc3ccccc3C2)NC(=O)[C@@H](C(CC)CC)N1Cc1ccccc1C(=O)NCCN. The van der Waals surface area contributed by atoms with Crippen molar-refractivity contribution in [2.75, 3.05) is 13.1 Å².